The van der Waals surface area contributed by atoms with Gasteiger partial charge >= 0.3 is 0 Å². The van der Waals surface area contributed by atoms with Crippen LogP contribution in [0.15, 0.2) is 47.4 Å². The smallest absolute Gasteiger partial charge is 0.255 e. The number of sulfonamides is 1. The summed E-state index contributed by atoms with van der Waals surface area (Å²) in [5, 5.41) is 2.60. The maximum absolute atomic E-state index is 13.2. The Bertz CT molecular complexity index is 802. The topological polar surface area (TPSA) is 75.3 Å². The molecule has 0 fully saturated rings. The summed E-state index contributed by atoms with van der Waals surface area (Å²) in [6, 6.07) is 9.56. The van der Waals surface area contributed by atoms with E-state index in [1.54, 1.807) is 13.0 Å². The molecule has 2 rings (SSSR count). The molecule has 0 aliphatic carbocycles. The van der Waals surface area contributed by atoms with Gasteiger partial charge in [-0.25, -0.2) is 17.5 Å². The van der Waals surface area contributed by atoms with Crippen molar-refractivity contribution in [3.05, 3.63) is 59.4 Å². The highest BCUT2D eigenvalue weighted by Gasteiger charge is 2.13. The van der Waals surface area contributed by atoms with Gasteiger partial charge in [0.2, 0.25) is 10.0 Å². The fourth-order valence-corrected chi connectivity index (χ4v) is 2.56. The first kappa shape index (κ1) is 16.1. The van der Waals surface area contributed by atoms with Crippen molar-refractivity contribution in [2.24, 2.45) is 0 Å². The first-order valence-electron chi connectivity index (χ1n) is 6.44. The molecular formula is C15H15FN2O3S. The molecule has 1 amide bonds. The van der Waals surface area contributed by atoms with Crippen LogP contribution in [0.1, 0.15) is 15.9 Å². The monoisotopic (exact) mass is 322 g/mol. The minimum absolute atomic E-state index is 0.0634. The largest absolute Gasteiger partial charge is 0.322 e. The van der Waals surface area contributed by atoms with E-state index in [4.69, 9.17) is 0 Å². The Hall–Kier alpha value is -2.25. The van der Waals surface area contributed by atoms with Crippen LogP contribution in [0.3, 0.4) is 0 Å². The second-order valence-electron chi connectivity index (χ2n) is 4.65. The van der Waals surface area contributed by atoms with Gasteiger partial charge in [0.25, 0.3) is 5.91 Å². The number of aryl methyl sites for hydroxylation is 1. The summed E-state index contributed by atoms with van der Waals surface area (Å²) in [5.41, 5.74) is 1.37. The van der Waals surface area contributed by atoms with Gasteiger partial charge in [0.05, 0.1) is 4.90 Å². The van der Waals surface area contributed by atoms with Crippen molar-refractivity contribution in [2.75, 3.05) is 12.4 Å². The van der Waals surface area contributed by atoms with E-state index in [9.17, 15) is 17.6 Å². The standard InChI is InChI=1S/C15H15FN2O3S/c1-10-3-6-12(16)9-14(10)18-15(19)11-4-7-13(8-5-11)22(20,21)17-2/h3-9,17H,1-2H3,(H,18,19). The number of nitrogens with one attached hydrogen (secondary N) is 2. The van der Waals surface area contributed by atoms with E-state index in [0.717, 1.165) is 5.56 Å². The van der Waals surface area contributed by atoms with Gasteiger partial charge < -0.3 is 5.32 Å². The van der Waals surface area contributed by atoms with Crippen LogP contribution in [0.5, 0.6) is 0 Å². The summed E-state index contributed by atoms with van der Waals surface area (Å²) in [4.78, 5) is 12.2. The van der Waals surface area contributed by atoms with Crippen LogP contribution in [-0.2, 0) is 10.0 Å². The molecular weight excluding hydrogens is 307 g/mol. The van der Waals surface area contributed by atoms with Crippen molar-refractivity contribution < 1.29 is 17.6 Å². The van der Waals surface area contributed by atoms with Crippen molar-refractivity contribution >= 4 is 21.6 Å². The van der Waals surface area contributed by atoms with Crippen LogP contribution in [0.2, 0.25) is 0 Å². The maximum atomic E-state index is 13.2. The Morgan fingerprint density at radius 2 is 1.73 bits per heavy atom. The Morgan fingerprint density at radius 1 is 1.09 bits per heavy atom. The number of carbonyl (C=O) groups is 1. The number of anilines is 1. The van der Waals surface area contributed by atoms with E-state index in [-0.39, 0.29) is 10.5 Å². The second kappa shape index (κ2) is 6.25. The molecule has 0 heterocycles. The zero-order valence-electron chi connectivity index (χ0n) is 12.1. The second-order valence-corrected chi connectivity index (χ2v) is 6.53. The summed E-state index contributed by atoms with van der Waals surface area (Å²) in [7, 11) is -2.23. The quantitative estimate of drug-likeness (QED) is 0.907. The summed E-state index contributed by atoms with van der Waals surface area (Å²) in [5.74, 6) is -0.890. The van der Waals surface area contributed by atoms with Gasteiger partial charge in [-0.3, -0.25) is 4.79 Å². The molecule has 2 aromatic rings. The molecule has 0 radical (unpaired) electrons. The molecule has 0 atom stereocenters. The van der Waals surface area contributed by atoms with Gasteiger partial charge in [-0.15, -0.1) is 0 Å². The van der Waals surface area contributed by atoms with Gasteiger partial charge in [0, 0.05) is 11.3 Å². The SMILES string of the molecule is CNS(=O)(=O)c1ccc(C(=O)Nc2cc(F)ccc2C)cc1. The fourth-order valence-electron chi connectivity index (χ4n) is 1.83. The van der Waals surface area contributed by atoms with Crippen molar-refractivity contribution in [2.45, 2.75) is 11.8 Å². The van der Waals surface area contributed by atoms with Crippen molar-refractivity contribution in [3.63, 3.8) is 0 Å². The minimum atomic E-state index is -3.54. The van der Waals surface area contributed by atoms with Crippen molar-refractivity contribution in [1.82, 2.24) is 4.72 Å². The van der Waals surface area contributed by atoms with Crippen LogP contribution < -0.4 is 10.0 Å². The lowest BCUT2D eigenvalue weighted by atomic mass is 10.1. The lowest BCUT2D eigenvalue weighted by Gasteiger charge is -2.09. The van der Waals surface area contributed by atoms with Crippen LogP contribution >= 0.6 is 0 Å². The Morgan fingerprint density at radius 3 is 2.32 bits per heavy atom. The number of carbonyl (C=O) groups excluding carboxylic acids is 1. The Balaban J connectivity index is 2.22. The molecule has 0 spiro atoms. The highest BCUT2D eigenvalue weighted by Crippen LogP contribution is 2.18. The number of hydrogen-bond donors (Lipinski definition) is 2. The molecule has 0 aromatic heterocycles. The van der Waals surface area contributed by atoms with E-state index < -0.39 is 21.7 Å². The summed E-state index contributed by atoms with van der Waals surface area (Å²) in [6.07, 6.45) is 0. The summed E-state index contributed by atoms with van der Waals surface area (Å²) < 4.78 is 38.6. The number of hydrogen-bond acceptors (Lipinski definition) is 3. The third kappa shape index (κ3) is 3.49. The molecule has 5 nitrogen and oxygen atoms in total. The zero-order chi connectivity index (χ0) is 16.3. The normalized spacial score (nSPS) is 11.2. The van der Waals surface area contributed by atoms with Crippen molar-refractivity contribution in [1.29, 1.82) is 0 Å². The highest BCUT2D eigenvalue weighted by atomic mass is 32.2. The Labute approximate surface area is 128 Å². The van der Waals surface area contributed by atoms with Gasteiger partial charge in [-0.1, -0.05) is 6.07 Å². The maximum Gasteiger partial charge on any atom is 0.255 e. The highest BCUT2D eigenvalue weighted by molar-refractivity contribution is 7.89. The molecule has 0 unspecified atom stereocenters. The van der Waals surface area contributed by atoms with Gasteiger partial charge in [-0.05, 0) is 55.9 Å². The van der Waals surface area contributed by atoms with Crippen LogP contribution in [0.4, 0.5) is 10.1 Å². The van der Waals surface area contributed by atoms with E-state index in [2.05, 4.69) is 10.0 Å². The number of rotatable bonds is 4. The van der Waals surface area contributed by atoms with Gasteiger partial charge in [0.15, 0.2) is 0 Å². The van der Waals surface area contributed by atoms with Gasteiger partial charge in [0.1, 0.15) is 5.82 Å². The molecule has 0 bridgehead atoms. The third-order valence-electron chi connectivity index (χ3n) is 3.14. The van der Waals surface area contributed by atoms with E-state index in [1.807, 2.05) is 0 Å². The van der Waals surface area contributed by atoms with Crippen molar-refractivity contribution in [3.8, 4) is 0 Å². The fraction of sp³-hybridized carbons (Fsp3) is 0.133. The molecule has 0 saturated carbocycles. The number of amides is 1. The molecule has 2 aromatic carbocycles. The first-order chi connectivity index (χ1) is 10.3. The summed E-state index contributed by atoms with van der Waals surface area (Å²) in [6.45, 7) is 1.75. The predicted molar refractivity (Wildman–Crippen MR) is 81.8 cm³/mol. The molecule has 0 aliphatic heterocycles. The minimum Gasteiger partial charge on any atom is -0.322 e. The Kier molecular flexibility index (Phi) is 4.58. The summed E-state index contributed by atoms with van der Waals surface area (Å²) >= 11 is 0. The van der Waals surface area contributed by atoms with Gasteiger partial charge in [-0.2, -0.15) is 0 Å². The predicted octanol–water partition coefficient (Wildman–Crippen LogP) is 2.29. The number of halogens is 1. The van der Waals surface area contributed by atoms with Crippen LogP contribution in [0.25, 0.3) is 0 Å². The molecule has 0 saturated heterocycles. The average molecular weight is 322 g/mol. The van der Waals surface area contributed by atoms with E-state index in [0.29, 0.717) is 5.69 Å². The zero-order valence-corrected chi connectivity index (χ0v) is 12.9. The first-order valence-corrected chi connectivity index (χ1v) is 7.93. The van der Waals surface area contributed by atoms with Crippen LogP contribution in [-0.4, -0.2) is 21.4 Å². The molecule has 116 valence electrons. The van der Waals surface area contributed by atoms with E-state index >= 15 is 0 Å². The lowest BCUT2D eigenvalue weighted by Crippen LogP contribution is -2.19. The number of benzene rings is 2. The molecule has 22 heavy (non-hydrogen) atoms. The third-order valence-corrected chi connectivity index (χ3v) is 4.57. The average Bonchev–Trinajstić information content (AvgIpc) is 2.51. The van der Waals surface area contributed by atoms with E-state index in [1.165, 1.54) is 43.4 Å². The van der Waals surface area contributed by atoms with Crippen LogP contribution in [0, 0.1) is 12.7 Å². The molecule has 7 heteroatoms. The molecule has 2 N–H and O–H groups in total. The molecule has 0 aliphatic rings. The lowest BCUT2D eigenvalue weighted by molar-refractivity contribution is 0.102.